The largest absolute Gasteiger partial charge is 0.573 e. The lowest BCUT2D eigenvalue weighted by molar-refractivity contribution is -0.274. The van der Waals surface area contributed by atoms with E-state index in [1.54, 1.807) is 0 Å². The van der Waals surface area contributed by atoms with E-state index in [1.165, 1.54) is 6.07 Å². The predicted molar refractivity (Wildman–Crippen MR) is 50.6 cm³/mol. The molecule has 0 amide bonds. The van der Waals surface area contributed by atoms with E-state index >= 15 is 0 Å². The fourth-order valence-corrected chi connectivity index (χ4v) is 1.33. The van der Waals surface area contributed by atoms with Crippen molar-refractivity contribution in [3.63, 3.8) is 0 Å². The molecule has 0 saturated carbocycles. The van der Waals surface area contributed by atoms with E-state index in [1.807, 2.05) is 0 Å². The Morgan fingerprint density at radius 2 is 2.00 bits per heavy atom. The van der Waals surface area contributed by atoms with Crippen LogP contribution in [0.1, 0.15) is 10.4 Å². The number of halogens is 4. The second kappa shape index (κ2) is 4.32. The lowest BCUT2D eigenvalue weighted by atomic mass is 10.2. The molecule has 0 aliphatic rings. The quantitative estimate of drug-likeness (QED) is 0.649. The van der Waals surface area contributed by atoms with Crippen LogP contribution >= 0.6 is 24.2 Å². The average Bonchev–Trinajstić information content (AvgIpc) is 2.05. The monoisotopic (exact) mass is 256 g/mol. The minimum absolute atomic E-state index is 0.137. The molecular formula is C8H4ClF3O2S. The number of hydrogen-bond acceptors (Lipinski definition) is 3. The summed E-state index contributed by atoms with van der Waals surface area (Å²) in [4.78, 5) is 10.9. The summed E-state index contributed by atoms with van der Waals surface area (Å²) in [5.41, 5.74) is -0.137. The molecule has 2 nitrogen and oxygen atoms in total. The van der Waals surface area contributed by atoms with Crippen LogP contribution in [0.25, 0.3) is 0 Å². The average molecular weight is 257 g/mol. The maximum Gasteiger partial charge on any atom is 0.573 e. The highest BCUT2D eigenvalue weighted by molar-refractivity contribution is 7.80. The zero-order valence-electron chi connectivity index (χ0n) is 7.01. The van der Waals surface area contributed by atoms with Crippen LogP contribution in [-0.4, -0.2) is 11.6 Å². The fraction of sp³-hybridized carbons (Fsp3) is 0.125. The Labute approximate surface area is 93.4 Å². The SMILES string of the molecule is O=C(Cl)c1cc(OC(F)(F)F)ccc1S. The molecule has 1 rings (SSSR count). The molecule has 0 aromatic heterocycles. The van der Waals surface area contributed by atoms with Gasteiger partial charge in [-0.1, -0.05) is 0 Å². The van der Waals surface area contributed by atoms with Gasteiger partial charge in [0.15, 0.2) is 0 Å². The molecule has 0 bridgehead atoms. The maximum atomic E-state index is 11.8. The van der Waals surface area contributed by atoms with Crippen LogP contribution in [0.2, 0.25) is 0 Å². The third-order valence-corrected chi connectivity index (χ3v) is 2.01. The normalized spacial score (nSPS) is 11.3. The van der Waals surface area contributed by atoms with Gasteiger partial charge in [-0.3, -0.25) is 4.79 Å². The standard InChI is InChI=1S/C8H4ClF3O2S/c9-7(13)5-3-4(1-2-6(5)15)14-8(10,11)12/h1-3,15H. The first kappa shape index (κ1) is 12.2. The summed E-state index contributed by atoms with van der Waals surface area (Å²) in [5.74, 6) is -0.510. The fourth-order valence-electron chi connectivity index (χ4n) is 0.870. The van der Waals surface area contributed by atoms with Gasteiger partial charge >= 0.3 is 6.36 Å². The van der Waals surface area contributed by atoms with Crippen LogP contribution in [-0.2, 0) is 0 Å². The van der Waals surface area contributed by atoms with E-state index < -0.39 is 17.4 Å². The highest BCUT2D eigenvalue weighted by Crippen LogP contribution is 2.27. The van der Waals surface area contributed by atoms with Crippen molar-refractivity contribution in [2.45, 2.75) is 11.3 Å². The molecule has 0 radical (unpaired) electrons. The third kappa shape index (κ3) is 3.64. The summed E-state index contributed by atoms with van der Waals surface area (Å²) < 4.78 is 39.0. The van der Waals surface area contributed by atoms with Crippen LogP contribution < -0.4 is 4.74 Å². The van der Waals surface area contributed by atoms with Gasteiger partial charge in [0.05, 0.1) is 5.56 Å². The van der Waals surface area contributed by atoms with Gasteiger partial charge < -0.3 is 4.74 Å². The van der Waals surface area contributed by atoms with E-state index in [9.17, 15) is 18.0 Å². The first-order chi connectivity index (χ1) is 6.79. The minimum atomic E-state index is -4.80. The van der Waals surface area contributed by atoms with Crippen LogP contribution in [0.3, 0.4) is 0 Å². The molecule has 1 aromatic carbocycles. The molecular weight excluding hydrogens is 253 g/mol. The molecule has 0 saturated heterocycles. The molecule has 0 unspecified atom stereocenters. The van der Waals surface area contributed by atoms with Gasteiger partial charge in [0.1, 0.15) is 5.75 Å². The number of carbonyl (C=O) groups excluding carboxylic acids is 1. The van der Waals surface area contributed by atoms with Gasteiger partial charge in [-0.25, -0.2) is 0 Å². The highest BCUT2D eigenvalue weighted by Gasteiger charge is 2.31. The Hall–Kier alpha value is -0.880. The Kier molecular flexibility index (Phi) is 3.51. The van der Waals surface area contributed by atoms with E-state index in [2.05, 4.69) is 17.4 Å². The second-order valence-electron chi connectivity index (χ2n) is 2.50. The van der Waals surface area contributed by atoms with Gasteiger partial charge in [0, 0.05) is 4.90 Å². The van der Waals surface area contributed by atoms with Crippen molar-refractivity contribution in [2.75, 3.05) is 0 Å². The van der Waals surface area contributed by atoms with Crippen LogP contribution in [0.4, 0.5) is 13.2 Å². The number of ether oxygens (including phenoxy) is 1. The molecule has 15 heavy (non-hydrogen) atoms. The van der Waals surface area contributed by atoms with Crippen molar-refractivity contribution in [3.8, 4) is 5.75 Å². The van der Waals surface area contributed by atoms with Crippen molar-refractivity contribution in [1.82, 2.24) is 0 Å². The zero-order valence-corrected chi connectivity index (χ0v) is 8.66. The minimum Gasteiger partial charge on any atom is -0.406 e. The molecule has 0 aliphatic carbocycles. The number of hydrogen-bond donors (Lipinski definition) is 1. The molecule has 7 heteroatoms. The molecule has 0 heterocycles. The molecule has 0 N–H and O–H groups in total. The Balaban J connectivity index is 3.03. The lowest BCUT2D eigenvalue weighted by Gasteiger charge is -2.09. The van der Waals surface area contributed by atoms with Crippen molar-refractivity contribution in [1.29, 1.82) is 0 Å². The summed E-state index contributed by atoms with van der Waals surface area (Å²) in [7, 11) is 0. The van der Waals surface area contributed by atoms with E-state index in [0.717, 1.165) is 12.1 Å². The lowest BCUT2D eigenvalue weighted by Crippen LogP contribution is -2.17. The maximum absolute atomic E-state index is 11.8. The summed E-state index contributed by atoms with van der Waals surface area (Å²) in [6.07, 6.45) is -4.80. The number of benzene rings is 1. The predicted octanol–water partition coefficient (Wildman–Crippen LogP) is 3.25. The number of alkyl halides is 3. The molecule has 0 atom stereocenters. The Morgan fingerprint density at radius 1 is 1.40 bits per heavy atom. The third-order valence-electron chi connectivity index (χ3n) is 1.41. The van der Waals surface area contributed by atoms with E-state index in [4.69, 9.17) is 11.6 Å². The molecule has 0 spiro atoms. The Bertz CT molecular complexity index is 392. The van der Waals surface area contributed by atoms with Crippen molar-refractivity contribution in [3.05, 3.63) is 23.8 Å². The summed E-state index contributed by atoms with van der Waals surface area (Å²) in [6.45, 7) is 0. The Morgan fingerprint density at radius 3 is 2.47 bits per heavy atom. The van der Waals surface area contributed by atoms with Gasteiger partial charge in [0.2, 0.25) is 0 Å². The van der Waals surface area contributed by atoms with Crippen LogP contribution in [0.15, 0.2) is 23.1 Å². The molecule has 0 aliphatic heterocycles. The smallest absolute Gasteiger partial charge is 0.406 e. The van der Waals surface area contributed by atoms with Crippen molar-refractivity contribution in [2.24, 2.45) is 0 Å². The topological polar surface area (TPSA) is 26.3 Å². The van der Waals surface area contributed by atoms with Gasteiger partial charge in [-0.05, 0) is 29.8 Å². The highest BCUT2D eigenvalue weighted by atomic mass is 35.5. The van der Waals surface area contributed by atoms with Crippen LogP contribution in [0.5, 0.6) is 5.75 Å². The summed E-state index contributed by atoms with van der Waals surface area (Å²) in [5, 5.41) is -0.896. The van der Waals surface area contributed by atoms with E-state index in [0.29, 0.717) is 0 Å². The summed E-state index contributed by atoms with van der Waals surface area (Å²) in [6, 6.07) is 3.12. The van der Waals surface area contributed by atoms with Gasteiger partial charge in [-0.2, -0.15) is 0 Å². The number of carbonyl (C=O) groups is 1. The first-order valence-electron chi connectivity index (χ1n) is 3.58. The van der Waals surface area contributed by atoms with Gasteiger partial charge in [0.25, 0.3) is 5.24 Å². The van der Waals surface area contributed by atoms with Crippen molar-refractivity contribution >= 4 is 29.5 Å². The molecule has 1 aromatic rings. The molecule has 82 valence electrons. The first-order valence-corrected chi connectivity index (χ1v) is 4.41. The second-order valence-corrected chi connectivity index (χ2v) is 3.33. The zero-order chi connectivity index (χ0) is 11.6. The van der Waals surface area contributed by atoms with Crippen molar-refractivity contribution < 1.29 is 22.7 Å². The number of thiol groups is 1. The van der Waals surface area contributed by atoms with Crippen LogP contribution in [0, 0.1) is 0 Å². The van der Waals surface area contributed by atoms with Gasteiger partial charge in [-0.15, -0.1) is 25.8 Å². The number of rotatable bonds is 2. The van der Waals surface area contributed by atoms with E-state index in [-0.39, 0.29) is 10.5 Å². The summed E-state index contributed by atoms with van der Waals surface area (Å²) >= 11 is 8.98. The molecule has 0 fully saturated rings.